The van der Waals surface area contributed by atoms with E-state index in [0.29, 0.717) is 23.0 Å². The summed E-state index contributed by atoms with van der Waals surface area (Å²) in [6.45, 7) is -0.177. The molecule has 25 heavy (non-hydrogen) atoms. The van der Waals surface area contributed by atoms with Crippen molar-refractivity contribution in [2.24, 2.45) is 5.10 Å². The molecular formula is C18H20N2O5. The lowest BCUT2D eigenvalue weighted by atomic mass is 10.2. The number of hydrazone groups is 1. The van der Waals surface area contributed by atoms with Crippen LogP contribution in [0, 0.1) is 0 Å². The number of ether oxygens (including phenoxy) is 4. The molecule has 0 atom stereocenters. The van der Waals surface area contributed by atoms with Crippen molar-refractivity contribution in [3.05, 3.63) is 48.0 Å². The Morgan fingerprint density at radius 2 is 1.60 bits per heavy atom. The van der Waals surface area contributed by atoms with Crippen LogP contribution in [-0.4, -0.2) is 40.1 Å². The molecule has 7 nitrogen and oxygen atoms in total. The fourth-order valence-corrected chi connectivity index (χ4v) is 2.03. The first kappa shape index (κ1) is 18.1. The molecule has 2 aromatic rings. The van der Waals surface area contributed by atoms with E-state index in [-0.39, 0.29) is 12.5 Å². The molecule has 0 unspecified atom stereocenters. The number of carbonyl (C=O) groups excluding carboxylic acids is 1. The van der Waals surface area contributed by atoms with Crippen molar-refractivity contribution < 1.29 is 23.7 Å². The van der Waals surface area contributed by atoms with Gasteiger partial charge in [-0.05, 0) is 35.9 Å². The van der Waals surface area contributed by atoms with Gasteiger partial charge < -0.3 is 18.9 Å². The lowest BCUT2D eigenvalue weighted by Gasteiger charge is -2.09. The fraction of sp³-hybridized carbons (Fsp3) is 0.222. The van der Waals surface area contributed by atoms with Crippen LogP contribution in [0.3, 0.4) is 0 Å². The second-order valence-corrected chi connectivity index (χ2v) is 4.85. The van der Waals surface area contributed by atoms with Crippen molar-refractivity contribution in [3.63, 3.8) is 0 Å². The summed E-state index contributed by atoms with van der Waals surface area (Å²) in [6.07, 6.45) is 1.50. The van der Waals surface area contributed by atoms with Gasteiger partial charge in [-0.15, -0.1) is 0 Å². The molecule has 0 aromatic heterocycles. The monoisotopic (exact) mass is 344 g/mol. The predicted octanol–water partition coefficient (Wildman–Crippen LogP) is 2.24. The highest BCUT2D eigenvalue weighted by atomic mass is 16.5. The molecule has 7 heteroatoms. The second kappa shape index (κ2) is 9.17. The third-order valence-electron chi connectivity index (χ3n) is 3.24. The third-order valence-corrected chi connectivity index (χ3v) is 3.24. The Morgan fingerprint density at radius 3 is 2.28 bits per heavy atom. The number of nitrogens with zero attached hydrogens (tertiary/aromatic N) is 1. The number of methoxy groups -OCH3 is 3. The highest BCUT2D eigenvalue weighted by molar-refractivity contribution is 5.83. The van der Waals surface area contributed by atoms with Gasteiger partial charge >= 0.3 is 0 Å². The molecule has 0 heterocycles. The predicted molar refractivity (Wildman–Crippen MR) is 93.8 cm³/mol. The minimum absolute atomic E-state index is 0.177. The molecule has 0 aliphatic rings. The Morgan fingerprint density at radius 1 is 0.960 bits per heavy atom. The smallest absolute Gasteiger partial charge is 0.277 e. The Balaban J connectivity index is 1.88. The first-order valence-electron chi connectivity index (χ1n) is 7.47. The summed E-state index contributed by atoms with van der Waals surface area (Å²) in [5, 5.41) is 3.90. The SMILES string of the molecule is COc1ccc(/C=N/NC(=O)COc2ccccc2OC)cc1OC. The summed E-state index contributed by atoms with van der Waals surface area (Å²) in [5.74, 6) is 1.86. The zero-order chi connectivity index (χ0) is 18.1. The van der Waals surface area contributed by atoms with Crippen molar-refractivity contribution >= 4 is 12.1 Å². The first-order valence-corrected chi connectivity index (χ1v) is 7.47. The zero-order valence-corrected chi connectivity index (χ0v) is 14.3. The normalized spacial score (nSPS) is 10.4. The summed E-state index contributed by atoms with van der Waals surface area (Å²) in [7, 11) is 4.65. The van der Waals surface area contributed by atoms with Gasteiger partial charge in [0, 0.05) is 0 Å². The maximum atomic E-state index is 11.8. The molecule has 0 aliphatic carbocycles. The Bertz CT molecular complexity index is 746. The fourth-order valence-electron chi connectivity index (χ4n) is 2.03. The molecule has 2 rings (SSSR count). The molecule has 0 spiro atoms. The minimum Gasteiger partial charge on any atom is -0.493 e. The molecule has 0 radical (unpaired) electrons. The highest BCUT2D eigenvalue weighted by Gasteiger charge is 2.06. The Kier molecular flexibility index (Phi) is 6.65. The maximum absolute atomic E-state index is 11.8. The molecule has 2 aromatic carbocycles. The van der Waals surface area contributed by atoms with Crippen LogP contribution in [0.2, 0.25) is 0 Å². The number of para-hydroxylation sites is 2. The van der Waals surface area contributed by atoms with Crippen LogP contribution < -0.4 is 24.4 Å². The van der Waals surface area contributed by atoms with E-state index < -0.39 is 0 Å². The standard InChI is InChI=1S/C18H20N2O5/c1-22-14-6-4-5-7-16(14)25-12-18(21)20-19-11-13-8-9-15(23-2)17(10-13)24-3/h4-11H,12H2,1-3H3,(H,20,21)/b19-11+. The molecule has 0 aliphatic heterocycles. The van der Waals surface area contributed by atoms with Crippen LogP contribution in [0.4, 0.5) is 0 Å². The van der Waals surface area contributed by atoms with E-state index in [2.05, 4.69) is 10.5 Å². The molecule has 132 valence electrons. The number of carbonyl (C=O) groups is 1. The van der Waals surface area contributed by atoms with Crippen LogP contribution in [0.1, 0.15) is 5.56 Å². The molecule has 1 N–H and O–H groups in total. The topological polar surface area (TPSA) is 78.4 Å². The number of rotatable bonds is 8. The number of amides is 1. The van der Waals surface area contributed by atoms with Crippen molar-refractivity contribution in [1.29, 1.82) is 0 Å². The summed E-state index contributed by atoms with van der Waals surface area (Å²) >= 11 is 0. The zero-order valence-electron chi connectivity index (χ0n) is 14.3. The van der Waals surface area contributed by atoms with Crippen molar-refractivity contribution in [2.45, 2.75) is 0 Å². The van der Waals surface area contributed by atoms with Crippen molar-refractivity contribution in [3.8, 4) is 23.0 Å². The Hall–Kier alpha value is -3.22. The van der Waals surface area contributed by atoms with Gasteiger partial charge in [0.05, 0.1) is 27.5 Å². The minimum atomic E-state index is -0.386. The van der Waals surface area contributed by atoms with Crippen molar-refractivity contribution in [1.82, 2.24) is 5.43 Å². The van der Waals surface area contributed by atoms with Crippen LogP contribution in [0.5, 0.6) is 23.0 Å². The van der Waals surface area contributed by atoms with Gasteiger partial charge in [0.15, 0.2) is 29.6 Å². The van der Waals surface area contributed by atoms with Gasteiger partial charge in [-0.1, -0.05) is 12.1 Å². The van der Waals surface area contributed by atoms with E-state index in [0.717, 1.165) is 5.56 Å². The summed E-state index contributed by atoms with van der Waals surface area (Å²) in [4.78, 5) is 11.8. The van der Waals surface area contributed by atoms with E-state index >= 15 is 0 Å². The van der Waals surface area contributed by atoms with Crippen LogP contribution >= 0.6 is 0 Å². The molecule has 1 amide bonds. The number of nitrogens with one attached hydrogen (secondary N) is 1. The summed E-state index contributed by atoms with van der Waals surface area (Å²) in [6, 6.07) is 12.4. The molecule has 0 fully saturated rings. The molecular weight excluding hydrogens is 324 g/mol. The van der Waals surface area contributed by atoms with E-state index in [4.69, 9.17) is 18.9 Å². The van der Waals surface area contributed by atoms with Crippen LogP contribution in [-0.2, 0) is 4.79 Å². The number of hydrogen-bond donors (Lipinski definition) is 1. The van der Waals surface area contributed by atoms with E-state index in [1.807, 2.05) is 6.07 Å². The highest BCUT2D eigenvalue weighted by Crippen LogP contribution is 2.27. The summed E-state index contributed by atoms with van der Waals surface area (Å²) < 4.78 is 20.9. The average molecular weight is 344 g/mol. The Labute approximate surface area is 146 Å². The third kappa shape index (κ3) is 5.13. The van der Waals surface area contributed by atoms with Crippen LogP contribution in [0.15, 0.2) is 47.6 Å². The number of hydrogen-bond acceptors (Lipinski definition) is 6. The molecule has 0 saturated carbocycles. The van der Waals surface area contributed by atoms with Gasteiger partial charge in [0.25, 0.3) is 5.91 Å². The maximum Gasteiger partial charge on any atom is 0.277 e. The van der Waals surface area contributed by atoms with Crippen molar-refractivity contribution in [2.75, 3.05) is 27.9 Å². The lowest BCUT2D eigenvalue weighted by molar-refractivity contribution is -0.123. The van der Waals surface area contributed by atoms with Gasteiger partial charge in [-0.25, -0.2) is 5.43 Å². The first-order chi connectivity index (χ1) is 12.2. The van der Waals surface area contributed by atoms with Gasteiger partial charge in [-0.2, -0.15) is 5.10 Å². The van der Waals surface area contributed by atoms with Gasteiger partial charge in [0.1, 0.15) is 0 Å². The average Bonchev–Trinajstić information content (AvgIpc) is 2.66. The van der Waals surface area contributed by atoms with Crippen LogP contribution in [0.25, 0.3) is 0 Å². The lowest BCUT2D eigenvalue weighted by Crippen LogP contribution is -2.24. The van der Waals surface area contributed by atoms with E-state index in [1.54, 1.807) is 50.6 Å². The number of benzene rings is 2. The summed E-state index contributed by atoms with van der Waals surface area (Å²) in [5.41, 5.74) is 3.15. The van der Waals surface area contributed by atoms with Gasteiger partial charge in [0.2, 0.25) is 0 Å². The molecule has 0 bridgehead atoms. The largest absolute Gasteiger partial charge is 0.493 e. The van der Waals surface area contributed by atoms with E-state index in [1.165, 1.54) is 13.3 Å². The quantitative estimate of drug-likeness (QED) is 0.587. The van der Waals surface area contributed by atoms with E-state index in [9.17, 15) is 4.79 Å². The molecule has 0 saturated heterocycles. The second-order valence-electron chi connectivity index (χ2n) is 4.85. The van der Waals surface area contributed by atoms with Gasteiger partial charge in [-0.3, -0.25) is 4.79 Å².